The molecule has 3 heterocycles. The summed E-state index contributed by atoms with van der Waals surface area (Å²) in [5.74, 6) is 0.547. The van der Waals surface area contributed by atoms with Crippen LogP contribution in [0, 0.1) is 0 Å². The van der Waals surface area contributed by atoms with Gasteiger partial charge in [-0.3, -0.25) is 9.88 Å². The van der Waals surface area contributed by atoms with Crippen molar-refractivity contribution in [2.75, 3.05) is 39.5 Å². The van der Waals surface area contributed by atoms with Gasteiger partial charge >= 0.3 is 0 Å². The van der Waals surface area contributed by atoms with Gasteiger partial charge in [-0.05, 0) is 22.0 Å². The van der Waals surface area contributed by atoms with Gasteiger partial charge in [0.15, 0.2) is 0 Å². The standard InChI is InChI=1S/C14H15BrClN3O2/c15-12-13-10(11(16)1-2-17-13)9-18-14(12)21-8-5-19-3-6-20-7-4-19/h1-2,9H,3-8H2. The molecule has 0 atom stereocenters. The molecule has 2 aromatic heterocycles. The Labute approximate surface area is 136 Å². The van der Waals surface area contributed by atoms with Gasteiger partial charge in [-0.1, -0.05) is 11.6 Å². The first-order valence-electron chi connectivity index (χ1n) is 6.77. The number of morpholine rings is 1. The van der Waals surface area contributed by atoms with Crippen molar-refractivity contribution in [3.8, 4) is 5.88 Å². The third kappa shape index (κ3) is 3.45. The minimum absolute atomic E-state index is 0.547. The minimum Gasteiger partial charge on any atom is -0.475 e. The van der Waals surface area contributed by atoms with Gasteiger partial charge in [0.2, 0.25) is 5.88 Å². The Morgan fingerprint density at radius 3 is 2.95 bits per heavy atom. The molecule has 5 nitrogen and oxygen atoms in total. The molecule has 0 amide bonds. The maximum absolute atomic E-state index is 6.13. The number of hydrogen-bond donors (Lipinski definition) is 0. The summed E-state index contributed by atoms with van der Waals surface area (Å²) in [6.45, 7) is 4.93. The summed E-state index contributed by atoms with van der Waals surface area (Å²) in [5, 5.41) is 1.44. The van der Waals surface area contributed by atoms with Crippen LogP contribution in [0.15, 0.2) is 22.9 Å². The Balaban J connectivity index is 1.68. The highest BCUT2D eigenvalue weighted by Crippen LogP contribution is 2.32. The highest BCUT2D eigenvalue weighted by Gasteiger charge is 2.13. The summed E-state index contributed by atoms with van der Waals surface area (Å²) >= 11 is 9.63. The molecule has 1 saturated heterocycles. The van der Waals surface area contributed by atoms with Crippen LogP contribution in [0.5, 0.6) is 5.88 Å². The van der Waals surface area contributed by atoms with Crippen molar-refractivity contribution < 1.29 is 9.47 Å². The van der Waals surface area contributed by atoms with Crippen molar-refractivity contribution >= 4 is 38.4 Å². The normalized spacial score (nSPS) is 16.3. The smallest absolute Gasteiger partial charge is 0.230 e. The molecule has 0 spiro atoms. The first kappa shape index (κ1) is 15.0. The Kier molecular flexibility index (Phi) is 4.90. The number of pyridine rings is 2. The van der Waals surface area contributed by atoms with Crippen LogP contribution in [-0.2, 0) is 4.74 Å². The van der Waals surface area contributed by atoms with Crippen LogP contribution in [0.25, 0.3) is 10.9 Å². The van der Waals surface area contributed by atoms with E-state index in [1.807, 2.05) is 0 Å². The molecule has 112 valence electrons. The maximum Gasteiger partial charge on any atom is 0.230 e. The number of rotatable bonds is 4. The second-order valence-corrected chi connectivity index (χ2v) is 5.94. The van der Waals surface area contributed by atoms with E-state index in [2.05, 4.69) is 30.8 Å². The molecule has 1 aliphatic rings. The van der Waals surface area contributed by atoms with Crippen molar-refractivity contribution in [3.63, 3.8) is 0 Å². The van der Waals surface area contributed by atoms with Crippen molar-refractivity contribution in [2.45, 2.75) is 0 Å². The molecule has 0 unspecified atom stereocenters. The molecule has 7 heteroatoms. The monoisotopic (exact) mass is 371 g/mol. The zero-order chi connectivity index (χ0) is 14.7. The van der Waals surface area contributed by atoms with E-state index < -0.39 is 0 Å². The molecular weight excluding hydrogens is 358 g/mol. The average molecular weight is 373 g/mol. The third-order valence-electron chi connectivity index (χ3n) is 3.39. The lowest BCUT2D eigenvalue weighted by atomic mass is 10.3. The van der Waals surface area contributed by atoms with E-state index in [0.717, 1.165) is 48.2 Å². The minimum atomic E-state index is 0.547. The van der Waals surface area contributed by atoms with Gasteiger partial charge in [-0.2, -0.15) is 0 Å². The fraction of sp³-hybridized carbons (Fsp3) is 0.429. The number of halogens is 2. The second kappa shape index (κ2) is 6.87. The van der Waals surface area contributed by atoms with E-state index in [1.165, 1.54) is 0 Å². The zero-order valence-electron chi connectivity index (χ0n) is 11.4. The number of nitrogens with zero attached hydrogens (tertiary/aromatic N) is 3. The first-order valence-corrected chi connectivity index (χ1v) is 7.94. The zero-order valence-corrected chi connectivity index (χ0v) is 13.7. The SMILES string of the molecule is Clc1ccnc2c(Br)c(OCCN3CCOCC3)ncc12. The van der Waals surface area contributed by atoms with E-state index in [0.29, 0.717) is 17.5 Å². The van der Waals surface area contributed by atoms with E-state index in [-0.39, 0.29) is 0 Å². The predicted molar refractivity (Wildman–Crippen MR) is 85.0 cm³/mol. The fourth-order valence-corrected chi connectivity index (χ4v) is 2.95. The summed E-state index contributed by atoms with van der Waals surface area (Å²) in [6.07, 6.45) is 3.37. The second-order valence-electron chi connectivity index (χ2n) is 4.73. The Morgan fingerprint density at radius 2 is 2.14 bits per heavy atom. The van der Waals surface area contributed by atoms with E-state index >= 15 is 0 Å². The van der Waals surface area contributed by atoms with Gasteiger partial charge in [-0.15, -0.1) is 0 Å². The largest absolute Gasteiger partial charge is 0.475 e. The Morgan fingerprint density at radius 1 is 1.33 bits per heavy atom. The van der Waals surface area contributed by atoms with Gasteiger partial charge < -0.3 is 9.47 Å². The third-order valence-corrected chi connectivity index (χ3v) is 4.44. The van der Waals surface area contributed by atoms with Crippen molar-refractivity contribution in [3.05, 3.63) is 28.0 Å². The number of fused-ring (bicyclic) bond motifs is 1. The molecule has 0 N–H and O–H groups in total. The van der Waals surface area contributed by atoms with Gasteiger partial charge in [0.05, 0.1) is 23.8 Å². The van der Waals surface area contributed by atoms with Crippen LogP contribution in [-0.4, -0.2) is 54.3 Å². The highest BCUT2D eigenvalue weighted by molar-refractivity contribution is 9.10. The molecule has 1 fully saturated rings. The molecule has 2 aromatic rings. The summed E-state index contributed by atoms with van der Waals surface area (Å²) in [7, 11) is 0. The number of hydrogen-bond acceptors (Lipinski definition) is 5. The summed E-state index contributed by atoms with van der Waals surface area (Å²) in [4.78, 5) is 10.9. The van der Waals surface area contributed by atoms with Crippen molar-refractivity contribution in [2.24, 2.45) is 0 Å². The van der Waals surface area contributed by atoms with Crippen LogP contribution in [0.2, 0.25) is 5.02 Å². The topological polar surface area (TPSA) is 47.5 Å². The fourth-order valence-electron chi connectivity index (χ4n) is 2.23. The predicted octanol–water partition coefficient (Wildman–Crippen LogP) is 2.76. The first-order chi connectivity index (χ1) is 10.3. The maximum atomic E-state index is 6.13. The molecular formula is C14H15BrClN3O2. The lowest BCUT2D eigenvalue weighted by Crippen LogP contribution is -2.38. The van der Waals surface area contributed by atoms with Crippen LogP contribution in [0.3, 0.4) is 0 Å². The highest BCUT2D eigenvalue weighted by atomic mass is 79.9. The van der Waals surface area contributed by atoms with E-state index in [1.54, 1.807) is 18.5 Å². The van der Waals surface area contributed by atoms with E-state index in [4.69, 9.17) is 21.1 Å². The van der Waals surface area contributed by atoms with Crippen LogP contribution in [0.1, 0.15) is 0 Å². The van der Waals surface area contributed by atoms with Crippen LogP contribution in [0.4, 0.5) is 0 Å². The molecule has 0 saturated carbocycles. The van der Waals surface area contributed by atoms with Gasteiger partial charge in [-0.25, -0.2) is 4.98 Å². The Bertz CT molecular complexity index is 635. The lowest BCUT2D eigenvalue weighted by molar-refractivity contribution is 0.0319. The lowest BCUT2D eigenvalue weighted by Gasteiger charge is -2.26. The molecule has 0 bridgehead atoms. The average Bonchev–Trinajstić information content (AvgIpc) is 2.51. The number of ether oxygens (including phenoxy) is 2. The molecule has 1 aliphatic heterocycles. The van der Waals surface area contributed by atoms with Crippen LogP contribution < -0.4 is 4.74 Å². The van der Waals surface area contributed by atoms with Gasteiger partial charge in [0.1, 0.15) is 11.1 Å². The summed E-state index contributed by atoms with van der Waals surface area (Å²) in [6, 6.07) is 1.75. The molecule has 0 aromatic carbocycles. The Hall–Kier alpha value is -0.950. The molecule has 0 aliphatic carbocycles. The molecule has 21 heavy (non-hydrogen) atoms. The number of aromatic nitrogens is 2. The summed E-state index contributed by atoms with van der Waals surface area (Å²) in [5.41, 5.74) is 0.763. The summed E-state index contributed by atoms with van der Waals surface area (Å²) < 4.78 is 11.8. The van der Waals surface area contributed by atoms with Gasteiger partial charge in [0.25, 0.3) is 0 Å². The van der Waals surface area contributed by atoms with Gasteiger partial charge in [0, 0.05) is 37.4 Å². The molecule has 3 rings (SSSR count). The quantitative estimate of drug-likeness (QED) is 0.826. The van der Waals surface area contributed by atoms with Crippen molar-refractivity contribution in [1.82, 2.24) is 14.9 Å². The molecule has 0 radical (unpaired) electrons. The van der Waals surface area contributed by atoms with E-state index in [9.17, 15) is 0 Å². The van der Waals surface area contributed by atoms with Crippen LogP contribution >= 0.6 is 27.5 Å². The van der Waals surface area contributed by atoms with Crippen molar-refractivity contribution in [1.29, 1.82) is 0 Å².